The second kappa shape index (κ2) is 14.4. The molecule has 3 heterocycles. The van der Waals surface area contributed by atoms with E-state index in [0.29, 0.717) is 24.0 Å². The van der Waals surface area contributed by atoms with E-state index in [1.54, 1.807) is 0 Å². The molecule has 5 nitrogen and oxygen atoms in total. The third-order valence-electron chi connectivity index (χ3n) is 8.22. The fraction of sp³-hybridized carbons (Fsp3) is 0.710. The number of carbonyl (C=O) groups excluding carboxylic acids is 1. The summed E-state index contributed by atoms with van der Waals surface area (Å²) in [7, 11) is 0. The molecule has 2 atom stereocenters. The van der Waals surface area contributed by atoms with Crippen molar-refractivity contribution in [1.29, 1.82) is 0 Å². The van der Waals surface area contributed by atoms with Crippen molar-refractivity contribution in [2.75, 3.05) is 38.6 Å². The molecule has 0 radical (unpaired) electrons. The van der Waals surface area contributed by atoms with E-state index in [1.165, 1.54) is 41.7 Å². The fourth-order valence-electron chi connectivity index (χ4n) is 5.79. The standard InChI is InChI=1S/C31H47NO4S.ClH/c1-6-7-8-11-22(2)23(3)24-20-26(35-28(33)13-9-14-32-15-17-34-18-16-32)29-25-12-10-19-37-30(25)31(4,5)36-27(29)21-24;/h20-23H,6-19H2,1-5H3;1H. The maximum absolute atomic E-state index is 13.1. The van der Waals surface area contributed by atoms with Crippen LogP contribution in [0.4, 0.5) is 0 Å². The van der Waals surface area contributed by atoms with Gasteiger partial charge in [-0.05, 0) is 80.5 Å². The van der Waals surface area contributed by atoms with Crippen molar-refractivity contribution in [2.24, 2.45) is 5.92 Å². The zero-order chi connectivity index (χ0) is 26.4. The van der Waals surface area contributed by atoms with Crippen LogP contribution < -0.4 is 9.47 Å². The number of fused-ring (bicyclic) bond motifs is 2. The molecule has 2 unspecified atom stereocenters. The molecule has 7 heteroatoms. The van der Waals surface area contributed by atoms with Crippen molar-refractivity contribution in [3.63, 3.8) is 0 Å². The topological polar surface area (TPSA) is 48.0 Å². The minimum Gasteiger partial charge on any atom is -0.482 e. The molecule has 0 amide bonds. The van der Waals surface area contributed by atoms with Gasteiger partial charge in [0.25, 0.3) is 0 Å². The number of nitrogens with zero attached hydrogens (tertiary/aromatic N) is 1. The number of carbonyl (C=O) groups is 1. The van der Waals surface area contributed by atoms with Gasteiger partial charge >= 0.3 is 5.97 Å². The van der Waals surface area contributed by atoms with Crippen LogP contribution in [-0.4, -0.2) is 55.1 Å². The van der Waals surface area contributed by atoms with Gasteiger partial charge in [-0.2, -0.15) is 0 Å². The molecule has 0 spiro atoms. The first-order chi connectivity index (χ1) is 17.8. The molecule has 0 bridgehead atoms. The molecule has 3 aliphatic rings. The van der Waals surface area contributed by atoms with Crippen molar-refractivity contribution in [1.82, 2.24) is 4.90 Å². The molecule has 3 aliphatic heterocycles. The van der Waals surface area contributed by atoms with Crippen LogP contribution >= 0.6 is 24.2 Å². The summed E-state index contributed by atoms with van der Waals surface area (Å²) in [6, 6.07) is 4.38. The van der Waals surface area contributed by atoms with Crippen LogP contribution in [0, 0.1) is 5.92 Å². The number of rotatable bonds is 11. The zero-order valence-corrected chi connectivity index (χ0v) is 25.7. The smallest absolute Gasteiger partial charge is 0.311 e. The van der Waals surface area contributed by atoms with Crippen LogP contribution in [0.1, 0.15) is 103 Å². The number of benzene rings is 1. The summed E-state index contributed by atoms with van der Waals surface area (Å²) in [6.45, 7) is 15.6. The lowest BCUT2D eigenvalue weighted by Crippen LogP contribution is -2.37. The van der Waals surface area contributed by atoms with E-state index < -0.39 is 0 Å². The molecule has 1 saturated heterocycles. The van der Waals surface area contributed by atoms with E-state index in [9.17, 15) is 4.79 Å². The molecule has 4 rings (SSSR count). The molecular formula is C31H48ClNO4S. The number of esters is 1. The van der Waals surface area contributed by atoms with Gasteiger partial charge < -0.3 is 14.2 Å². The number of halogens is 1. The molecule has 214 valence electrons. The van der Waals surface area contributed by atoms with Crippen LogP contribution in [0.25, 0.3) is 5.57 Å². The van der Waals surface area contributed by atoms with Gasteiger partial charge in [0.1, 0.15) is 17.1 Å². The van der Waals surface area contributed by atoms with E-state index in [4.69, 9.17) is 14.2 Å². The molecule has 1 aromatic rings. The minimum absolute atomic E-state index is 0. The summed E-state index contributed by atoms with van der Waals surface area (Å²) >= 11 is 1.90. The van der Waals surface area contributed by atoms with E-state index in [0.717, 1.165) is 69.2 Å². The number of ether oxygens (including phenoxy) is 3. The largest absolute Gasteiger partial charge is 0.482 e. The highest BCUT2D eigenvalue weighted by Gasteiger charge is 2.39. The van der Waals surface area contributed by atoms with Crippen molar-refractivity contribution in [3.05, 3.63) is 28.2 Å². The summed E-state index contributed by atoms with van der Waals surface area (Å²) in [6.07, 6.45) is 8.36. The Labute approximate surface area is 240 Å². The number of morpholine rings is 1. The Morgan fingerprint density at radius 1 is 1.16 bits per heavy atom. The lowest BCUT2D eigenvalue weighted by Gasteiger charge is -2.39. The van der Waals surface area contributed by atoms with Gasteiger partial charge in [0.15, 0.2) is 0 Å². The summed E-state index contributed by atoms with van der Waals surface area (Å²) in [4.78, 5) is 16.8. The Kier molecular flexibility index (Phi) is 11.9. The van der Waals surface area contributed by atoms with Crippen LogP contribution in [0.3, 0.4) is 0 Å². The van der Waals surface area contributed by atoms with Gasteiger partial charge in [0.2, 0.25) is 0 Å². The summed E-state index contributed by atoms with van der Waals surface area (Å²) in [5.74, 6) is 3.46. The van der Waals surface area contributed by atoms with Crippen molar-refractivity contribution >= 4 is 35.7 Å². The second-order valence-corrected chi connectivity index (χ2v) is 12.7. The van der Waals surface area contributed by atoms with Crippen molar-refractivity contribution in [3.8, 4) is 11.5 Å². The average molecular weight is 566 g/mol. The summed E-state index contributed by atoms with van der Waals surface area (Å²) in [5, 5.41) is 0. The monoisotopic (exact) mass is 565 g/mol. The van der Waals surface area contributed by atoms with Gasteiger partial charge in [-0.15, -0.1) is 24.2 Å². The first-order valence-electron chi connectivity index (χ1n) is 14.5. The SMILES string of the molecule is CCCCCC(C)C(C)c1cc(OC(=O)CCCN2CCOCC2)c2c(c1)OC(C)(C)C1=C2CCCS1.Cl. The van der Waals surface area contributed by atoms with Gasteiger partial charge in [-0.3, -0.25) is 9.69 Å². The molecule has 0 saturated carbocycles. The van der Waals surface area contributed by atoms with Crippen LogP contribution in [0.2, 0.25) is 0 Å². The Balaban J connectivity index is 0.00000400. The normalized spacial score (nSPS) is 20.4. The number of hydrogen-bond acceptors (Lipinski definition) is 6. The first kappa shape index (κ1) is 31.3. The zero-order valence-electron chi connectivity index (χ0n) is 24.1. The molecule has 0 aliphatic carbocycles. The number of allylic oxidation sites excluding steroid dienone is 1. The predicted molar refractivity (Wildman–Crippen MR) is 161 cm³/mol. The highest BCUT2D eigenvalue weighted by Crippen LogP contribution is 2.53. The van der Waals surface area contributed by atoms with Crippen LogP contribution in [0.15, 0.2) is 17.0 Å². The van der Waals surface area contributed by atoms with E-state index in [-0.39, 0.29) is 24.0 Å². The van der Waals surface area contributed by atoms with E-state index >= 15 is 0 Å². The average Bonchev–Trinajstić information content (AvgIpc) is 2.88. The molecule has 1 aromatic carbocycles. The number of thioether (sulfide) groups is 1. The third-order valence-corrected chi connectivity index (χ3v) is 9.74. The Morgan fingerprint density at radius 2 is 1.92 bits per heavy atom. The number of unbranched alkanes of at least 4 members (excludes halogenated alkanes) is 2. The fourth-order valence-corrected chi connectivity index (χ4v) is 7.05. The van der Waals surface area contributed by atoms with Gasteiger partial charge in [-0.1, -0.05) is 46.5 Å². The van der Waals surface area contributed by atoms with Gasteiger partial charge in [0, 0.05) is 24.4 Å². The second-order valence-electron chi connectivity index (χ2n) is 11.6. The quantitative estimate of drug-likeness (QED) is 0.155. The molecule has 0 aromatic heterocycles. The third kappa shape index (κ3) is 7.71. The molecule has 0 N–H and O–H groups in total. The van der Waals surface area contributed by atoms with Crippen LogP contribution in [0.5, 0.6) is 11.5 Å². The molecule has 38 heavy (non-hydrogen) atoms. The predicted octanol–water partition coefficient (Wildman–Crippen LogP) is 7.86. The Bertz CT molecular complexity index is 973. The minimum atomic E-state index is -0.360. The van der Waals surface area contributed by atoms with Gasteiger partial charge in [0.05, 0.1) is 18.8 Å². The van der Waals surface area contributed by atoms with E-state index in [1.807, 2.05) is 11.8 Å². The van der Waals surface area contributed by atoms with Crippen LogP contribution in [-0.2, 0) is 9.53 Å². The number of hydrogen-bond donors (Lipinski definition) is 0. The van der Waals surface area contributed by atoms with Crippen molar-refractivity contribution in [2.45, 2.75) is 97.5 Å². The highest BCUT2D eigenvalue weighted by molar-refractivity contribution is 8.03. The molecular weight excluding hydrogens is 518 g/mol. The van der Waals surface area contributed by atoms with E-state index in [2.05, 4.69) is 51.7 Å². The molecule has 1 fully saturated rings. The lowest BCUT2D eigenvalue weighted by atomic mass is 9.83. The Hall–Kier alpha value is -1.21. The summed E-state index contributed by atoms with van der Waals surface area (Å²) in [5.41, 5.74) is 3.18. The Morgan fingerprint density at radius 3 is 2.66 bits per heavy atom. The van der Waals surface area contributed by atoms with Crippen molar-refractivity contribution < 1.29 is 19.0 Å². The lowest BCUT2D eigenvalue weighted by molar-refractivity contribution is -0.134. The maximum atomic E-state index is 13.1. The first-order valence-corrected chi connectivity index (χ1v) is 15.5. The maximum Gasteiger partial charge on any atom is 0.311 e. The summed E-state index contributed by atoms with van der Waals surface area (Å²) < 4.78 is 18.3. The van der Waals surface area contributed by atoms with Gasteiger partial charge in [-0.25, -0.2) is 0 Å². The highest BCUT2D eigenvalue weighted by atomic mass is 35.5.